The van der Waals surface area contributed by atoms with Crippen LogP contribution in [0.25, 0.3) is 5.57 Å². The van der Waals surface area contributed by atoms with Crippen molar-refractivity contribution in [2.24, 2.45) is 0 Å². The number of halogens is 2. The fourth-order valence-electron chi connectivity index (χ4n) is 4.93. The van der Waals surface area contributed by atoms with E-state index in [1.165, 1.54) is 5.57 Å². The molecule has 0 fully saturated rings. The first-order valence-corrected chi connectivity index (χ1v) is 12.1. The van der Waals surface area contributed by atoms with Crippen molar-refractivity contribution in [3.05, 3.63) is 118 Å². The van der Waals surface area contributed by atoms with E-state index in [0.717, 1.165) is 16.7 Å². The Kier molecular flexibility index (Phi) is 8.79. The summed E-state index contributed by atoms with van der Waals surface area (Å²) in [4.78, 5) is 15.4. The number of rotatable bonds is 7. The molecule has 1 heterocycles. The van der Waals surface area contributed by atoms with E-state index in [1.807, 2.05) is 84.9 Å². The number of carbonyl (C=O) groups excluding carboxylic acids is 1. The van der Waals surface area contributed by atoms with Gasteiger partial charge in [0.25, 0.3) is 0 Å². The lowest BCUT2D eigenvalue weighted by atomic mass is 9.70. The molecule has 3 aromatic carbocycles. The molecule has 35 heavy (non-hydrogen) atoms. The number of hydrogen-bond acceptors (Lipinski definition) is 2. The fraction of sp³-hybridized carbons (Fsp3) is 0.276. The first-order valence-electron chi connectivity index (χ1n) is 11.7. The predicted molar refractivity (Wildman–Crippen MR) is 146 cm³/mol. The summed E-state index contributed by atoms with van der Waals surface area (Å²) in [6.07, 6.45) is 3.20. The fourth-order valence-corrected chi connectivity index (χ4v) is 5.06. The molecule has 0 N–H and O–H groups in total. The minimum atomic E-state index is -0.915. The summed E-state index contributed by atoms with van der Waals surface area (Å²) < 4.78 is -0.334. The highest BCUT2D eigenvalue weighted by atomic mass is 35.5. The van der Waals surface area contributed by atoms with Crippen LogP contribution < -0.4 is 0 Å². The molecule has 1 unspecified atom stereocenters. The van der Waals surface area contributed by atoms with E-state index in [2.05, 4.69) is 6.08 Å². The number of carbonyl (C=O) groups is 1. The van der Waals surface area contributed by atoms with Gasteiger partial charge in [-0.2, -0.15) is 0 Å². The summed E-state index contributed by atoms with van der Waals surface area (Å²) in [5.41, 5.74) is 3.22. The van der Waals surface area contributed by atoms with Crippen LogP contribution in [0.15, 0.2) is 91.0 Å². The SMILES string of the molecule is CN(C)C(=O)C(CC[N+]1([O-])CC=C(c2ccc(Cl)cc2)CC1)(c1ccccc1)c1ccccc1.Cl. The molecule has 1 atom stereocenters. The second-order valence-corrected chi connectivity index (χ2v) is 9.70. The largest absolute Gasteiger partial charge is 0.633 e. The summed E-state index contributed by atoms with van der Waals surface area (Å²) in [5.74, 6) is -0.00842. The Hall–Kier alpha value is -2.63. The highest BCUT2D eigenvalue weighted by Gasteiger charge is 2.44. The minimum Gasteiger partial charge on any atom is -0.633 e. The van der Waals surface area contributed by atoms with Gasteiger partial charge in [0.1, 0.15) is 5.41 Å². The molecule has 0 saturated carbocycles. The zero-order chi connectivity index (χ0) is 24.2. The number of quaternary nitrogens is 1. The highest BCUT2D eigenvalue weighted by Crippen LogP contribution is 2.39. The average molecular weight is 511 g/mol. The molecular weight excluding hydrogens is 479 g/mol. The Morgan fingerprint density at radius 3 is 1.94 bits per heavy atom. The van der Waals surface area contributed by atoms with E-state index in [1.54, 1.807) is 19.0 Å². The third-order valence-corrected chi connectivity index (χ3v) is 7.12. The Balaban J connectivity index is 0.00000342. The lowest BCUT2D eigenvalue weighted by molar-refractivity contribution is -0.876. The van der Waals surface area contributed by atoms with E-state index >= 15 is 0 Å². The van der Waals surface area contributed by atoms with E-state index < -0.39 is 5.41 Å². The minimum absolute atomic E-state index is 0. The molecule has 1 aliphatic heterocycles. The van der Waals surface area contributed by atoms with Crippen LogP contribution in [0.4, 0.5) is 0 Å². The molecule has 0 aromatic heterocycles. The summed E-state index contributed by atoms with van der Waals surface area (Å²) in [6.45, 7) is 1.24. The maximum Gasteiger partial charge on any atom is 0.237 e. The van der Waals surface area contributed by atoms with Crippen molar-refractivity contribution in [2.45, 2.75) is 18.3 Å². The number of benzene rings is 3. The molecule has 3 aromatic rings. The summed E-state index contributed by atoms with van der Waals surface area (Å²) in [5, 5.41) is 14.5. The number of amides is 1. The van der Waals surface area contributed by atoms with E-state index in [0.29, 0.717) is 37.5 Å². The molecule has 1 amide bonds. The van der Waals surface area contributed by atoms with Crippen molar-refractivity contribution in [1.29, 1.82) is 0 Å². The van der Waals surface area contributed by atoms with Gasteiger partial charge in [0, 0.05) is 32.0 Å². The van der Waals surface area contributed by atoms with Gasteiger partial charge >= 0.3 is 0 Å². The standard InChI is InChI=1S/C29H31ClN2O2.ClH/c1-31(2)28(33)29(25-9-5-3-6-10-25,26-11-7-4-8-12-26)19-22-32(34)20-17-24(18-21-32)23-13-15-27(30)16-14-23;/h3-17H,18-22H2,1-2H3;1H. The maximum absolute atomic E-state index is 13.8. The summed E-state index contributed by atoms with van der Waals surface area (Å²) in [6, 6.07) is 27.5. The summed E-state index contributed by atoms with van der Waals surface area (Å²) >= 11 is 6.03. The second-order valence-electron chi connectivity index (χ2n) is 9.26. The molecule has 0 bridgehead atoms. The first kappa shape index (κ1) is 27.0. The summed E-state index contributed by atoms with van der Waals surface area (Å²) in [7, 11) is 3.57. The molecule has 184 valence electrons. The van der Waals surface area contributed by atoms with Gasteiger partial charge in [0.2, 0.25) is 5.91 Å². The van der Waals surface area contributed by atoms with Crippen LogP contribution in [0.3, 0.4) is 0 Å². The normalized spacial score (nSPS) is 17.8. The van der Waals surface area contributed by atoms with Crippen LogP contribution in [0.1, 0.15) is 29.5 Å². The topological polar surface area (TPSA) is 43.4 Å². The average Bonchev–Trinajstić information content (AvgIpc) is 2.87. The first-order chi connectivity index (χ1) is 16.3. The molecule has 6 heteroatoms. The Bertz CT molecular complexity index is 1110. The maximum atomic E-state index is 13.8. The zero-order valence-corrected chi connectivity index (χ0v) is 21.8. The van der Waals surface area contributed by atoms with Crippen molar-refractivity contribution in [3.8, 4) is 0 Å². The zero-order valence-electron chi connectivity index (χ0n) is 20.2. The van der Waals surface area contributed by atoms with Gasteiger partial charge in [-0.15, -0.1) is 12.4 Å². The monoisotopic (exact) mass is 510 g/mol. The van der Waals surface area contributed by atoms with Crippen LogP contribution in [0.5, 0.6) is 0 Å². The van der Waals surface area contributed by atoms with Crippen LogP contribution >= 0.6 is 24.0 Å². The van der Waals surface area contributed by atoms with Gasteiger partial charge in [-0.3, -0.25) is 4.79 Å². The molecule has 1 aliphatic rings. The molecule has 0 aliphatic carbocycles. The second kappa shape index (κ2) is 11.4. The highest BCUT2D eigenvalue weighted by molar-refractivity contribution is 6.30. The molecule has 4 rings (SSSR count). The molecular formula is C29H32Cl2N2O2. The lowest BCUT2D eigenvalue weighted by Crippen LogP contribution is -2.51. The molecule has 0 radical (unpaired) electrons. The number of hydroxylamine groups is 3. The van der Waals surface area contributed by atoms with E-state index in [9.17, 15) is 10.0 Å². The Labute approximate surface area is 219 Å². The Morgan fingerprint density at radius 2 is 1.49 bits per heavy atom. The van der Waals surface area contributed by atoms with Gasteiger partial charge in [0.05, 0.1) is 19.6 Å². The third kappa shape index (κ3) is 5.79. The van der Waals surface area contributed by atoms with Crippen LogP contribution in [0.2, 0.25) is 5.02 Å². The van der Waals surface area contributed by atoms with Crippen LogP contribution in [-0.2, 0) is 10.2 Å². The quantitative estimate of drug-likeness (QED) is 0.275. The van der Waals surface area contributed by atoms with Crippen molar-refractivity contribution >= 4 is 35.5 Å². The van der Waals surface area contributed by atoms with Gasteiger partial charge in [0.15, 0.2) is 0 Å². The molecule has 0 spiro atoms. The number of hydrogen-bond donors (Lipinski definition) is 0. The van der Waals surface area contributed by atoms with Gasteiger partial charge in [-0.05, 0) is 40.5 Å². The van der Waals surface area contributed by atoms with Gasteiger partial charge in [-0.1, -0.05) is 84.4 Å². The van der Waals surface area contributed by atoms with Crippen LogP contribution in [0, 0.1) is 5.21 Å². The van der Waals surface area contributed by atoms with Crippen molar-refractivity contribution in [1.82, 2.24) is 4.90 Å². The van der Waals surface area contributed by atoms with Crippen molar-refractivity contribution in [2.75, 3.05) is 33.7 Å². The van der Waals surface area contributed by atoms with Gasteiger partial charge < -0.3 is 14.8 Å². The number of likely N-dealkylation sites (N-methyl/N-ethyl adjacent to an activating group) is 1. The van der Waals surface area contributed by atoms with E-state index in [4.69, 9.17) is 11.6 Å². The van der Waals surface area contributed by atoms with Crippen molar-refractivity contribution < 1.29 is 9.44 Å². The van der Waals surface area contributed by atoms with E-state index in [-0.39, 0.29) is 23.0 Å². The van der Waals surface area contributed by atoms with Gasteiger partial charge in [-0.25, -0.2) is 0 Å². The van der Waals surface area contributed by atoms with Crippen LogP contribution in [-0.4, -0.2) is 49.2 Å². The predicted octanol–water partition coefficient (Wildman–Crippen LogP) is 6.33. The number of nitrogens with zero attached hydrogens (tertiary/aromatic N) is 2. The molecule has 4 nitrogen and oxygen atoms in total. The smallest absolute Gasteiger partial charge is 0.237 e. The van der Waals surface area contributed by atoms with Crippen molar-refractivity contribution in [3.63, 3.8) is 0 Å². The lowest BCUT2D eigenvalue weighted by Gasteiger charge is -2.47. The molecule has 0 saturated heterocycles. The third-order valence-electron chi connectivity index (χ3n) is 6.87. The Morgan fingerprint density at radius 1 is 0.943 bits per heavy atom.